The van der Waals surface area contributed by atoms with Gasteiger partial charge >= 0.3 is 0 Å². The van der Waals surface area contributed by atoms with Gasteiger partial charge in [-0.3, -0.25) is 4.99 Å². The Bertz CT molecular complexity index is 171. The first-order chi connectivity index (χ1) is 5.95. The van der Waals surface area contributed by atoms with Crippen LogP contribution in [0.5, 0.6) is 0 Å². The van der Waals surface area contributed by atoms with Crippen molar-refractivity contribution in [2.75, 3.05) is 13.1 Å². The molecule has 1 N–H and O–H groups in total. The molecule has 2 heteroatoms. The summed E-state index contributed by atoms with van der Waals surface area (Å²) >= 11 is 0. The fourth-order valence-corrected chi connectivity index (χ4v) is 1.60. The highest BCUT2D eigenvalue weighted by atomic mass is 15.0. The lowest BCUT2D eigenvalue weighted by atomic mass is 10.2. The summed E-state index contributed by atoms with van der Waals surface area (Å²) in [4.78, 5) is 4.53. The van der Waals surface area contributed by atoms with E-state index in [0.717, 1.165) is 12.5 Å². The van der Waals surface area contributed by atoms with E-state index >= 15 is 0 Å². The molecule has 2 aliphatic rings. The standard InChI is InChI=1S/C10H18N2/c1-2-4-10(11-7-3-1)12-8-9-5-6-9/h9H,1-8H2,(H,11,12). The summed E-state index contributed by atoms with van der Waals surface area (Å²) in [5, 5.41) is 3.47. The Balaban J connectivity index is 1.71. The van der Waals surface area contributed by atoms with Crippen LogP contribution in [0.15, 0.2) is 4.99 Å². The molecule has 0 aromatic carbocycles. The van der Waals surface area contributed by atoms with Crippen molar-refractivity contribution in [3.05, 3.63) is 0 Å². The van der Waals surface area contributed by atoms with Gasteiger partial charge in [0.05, 0.1) is 5.84 Å². The van der Waals surface area contributed by atoms with E-state index in [4.69, 9.17) is 0 Å². The Hall–Kier alpha value is -0.530. The predicted octanol–water partition coefficient (Wildman–Crippen LogP) is 1.96. The summed E-state index contributed by atoms with van der Waals surface area (Å²) in [7, 11) is 0. The number of hydrogen-bond acceptors (Lipinski definition) is 2. The van der Waals surface area contributed by atoms with E-state index in [0.29, 0.717) is 0 Å². The molecule has 12 heavy (non-hydrogen) atoms. The zero-order chi connectivity index (χ0) is 8.23. The van der Waals surface area contributed by atoms with Crippen LogP contribution in [-0.4, -0.2) is 18.9 Å². The first-order valence-electron chi connectivity index (χ1n) is 5.22. The Morgan fingerprint density at radius 3 is 3.00 bits per heavy atom. The quantitative estimate of drug-likeness (QED) is 0.666. The lowest BCUT2D eigenvalue weighted by Crippen LogP contribution is -2.25. The second-order valence-electron chi connectivity index (χ2n) is 3.96. The molecule has 0 unspecified atom stereocenters. The second kappa shape index (κ2) is 3.92. The van der Waals surface area contributed by atoms with Gasteiger partial charge in [-0.15, -0.1) is 0 Å². The van der Waals surface area contributed by atoms with Crippen LogP contribution >= 0.6 is 0 Å². The number of nitrogens with zero attached hydrogens (tertiary/aromatic N) is 1. The first-order valence-corrected chi connectivity index (χ1v) is 5.22. The molecule has 0 bridgehead atoms. The van der Waals surface area contributed by atoms with Crippen LogP contribution in [0.3, 0.4) is 0 Å². The van der Waals surface area contributed by atoms with Crippen molar-refractivity contribution >= 4 is 5.84 Å². The lowest BCUT2D eigenvalue weighted by molar-refractivity contribution is 0.722. The molecule has 0 atom stereocenters. The SMILES string of the molecule is C1CCN=C(NCC2CC2)CC1. The topological polar surface area (TPSA) is 24.4 Å². The molecule has 68 valence electrons. The summed E-state index contributed by atoms with van der Waals surface area (Å²) in [5.41, 5.74) is 0. The Labute approximate surface area is 74.5 Å². The van der Waals surface area contributed by atoms with Gasteiger partial charge in [0.2, 0.25) is 0 Å². The van der Waals surface area contributed by atoms with Crippen molar-refractivity contribution in [2.45, 2.75) is 38.5 Å². The number of aliphatic imine (C=N–C) groups is 1. The van der Waals surface area contributed by atoms with Gasteiger partial charge in [0.1, 0.15) is 0 Å². The lowest BCUT2D eigenvalue weighted by Gasteiger charge is -2.06. The summed E-state index contributed by atoms with van der Waals surface area (Å²) in [6, 6.07) is 0. The molecule has 1 saturated carbocycles. The smallest absolute Gasteiger partial charge is 0.0963 e. The molecule has 0 amide bonds. The maximum Gasteiger partial charge on any atom is 0.0963 e. The molecular weight excluding hydrogens is 148 g/mol. The molecule has 0 aromatic heterocycles. The monoisotopic (exact) mass is 166 g/mol. The van der Waals surface area contributed by atoms with Gasteiger partial charge in [0.25, 0.3) is 0 Å². The highest BCUT2D eigenvalue weighted by molar-refractivity contribution is 5.82. The summed E-state index contributed by atoms with van der Waals surface area (Å²) in [6.45, 7) is 2.23. The average Bonchev–Trinajstić information content (AvgIpc) is 2.90. The van der Waals surface area contributed by atoms with E-state index in [1.54, 1.807) is 0 Å². The summed E-state index contributed by atoms with van der Waals surface area (Å²) < 4.78 is 0. The van der Waals surface area contributed by atoms with Crippen LogP contribution in [0.1, 0.15) is 38.5 Å². The van der Waals surface area contributed by atoms with Crippen molar-refractivity contribution in [1.29, 1.82) is 0 Å². The fourth-order valence-electron chi connectivity index (χ4n) is 1.60. The van der Waals surface area contributed by atoms with Crippen LogP contribution in [0.2, 0.25) is 0 Å². The van der Waals surface area contributed by atoms with Gasteiger partial charge < -0.3 is 5.32 Å². The van der Waals surface area contributed by atoms with Crippen molar-refractivity contribution < 1.29 is 0 Å². The third-order valence-corrected chi connectivity index (χ3v) is 2.67. The van der Waals surface area contributed by atoms with Crippen molar-refractivity contribution in [3.8, 4) is 0 Å². The van der Waals surface area contributed by atoms with E-state index in [9.17, 15) is 0 Å². The maximum atomic E-state index is 4.53. The molecule has 0 saturated heterocycles. The Morgan fingerprint density at radius 2 is 2.17 bits per heavy atom. The van der Waals surface area contributed by atoms with Gasteiger partial charge in [-0.1, -0.05) is 6.42 Å². The summed E-state index contributed by atoms with van der Waals surface area (Å²) in [5.74, 6) is 2.25. The number of nitrogens with one attached hydrogen (secondary N) is 1. The summed E-state index contributed by atoms with van der Waals surface area (Å²) in [6.07, 6.45) is 8.02. The van der Waals surface area contributed by atoms with E-state index in [-0.39, 0.29) is 0 Å². The minimum atomic E-state index is 0.968. The van der Waals surface area contributed by atoms with Crippen LogP contribution in [0.25, 0.3) is 0 Å². The van der Waals surface area contributed by atoms with Gasteiger partial charge in [-0.2, -0.15) is 0 Å². The van der Waals surface area contributed by atoms with Gasteiger partial charge in [-0.25, -0.2) is 0 Å². The average molecular weight is 166 g/mol. The largest absolute Gasteiger partial charge is 0.374 e. The van der Waals surface area contributed by atoms with Crippen LogP contribution in [-0.2, 0) is 0 Å². The first kappa shape index (κ1) is 8.09. The van der Waals surface area contributed by atoms with Crippen molar-refractivity contribution in [2.24, 2.45) is 10.9 Å². The van der Waals surface area contributed by atoms with E-state index < -0.39 is 0 Å². The molecule has 1 aliphatic carbocycles. The predicted molar refractivity (Wildman–Crippen MR) is 51.5 cm³/mol. The van der Waals surface area contributed by atoms with Crippen molar-refractivity contribution in [1.82, 2.24) is 5.32 Å². The Morgan fingerprint density at radius 1 is 1.25 bits per heavy atom. The van der Waals surface area contributed by atoms with Crippen LogP contribution < -0.4 is 5.32 Å². The zero-order valence-corrected chi connectivity index (χ0v) is 7.68. The molecule has 1 fully saturated rings. The molecule has 0 radical (unpaired) electrons. The molecule has 0 aromatic rings. The second-order valence-corrected chi connectivity index (χ2v) is 3.96. The normalized spacial score (nSPS) is 24.5. The van der Waals surface area contributed by atoms with Gasteiger partial charge in [0.15, 0.2) is 0 Å². The van der Waals surface area contributed by atoms with Crippen LogP contribution in [0, 0.1) is 5.92 Å². The third kappa shape index (κ3) is 2.50. The molecule has 2 rings (SSSR count). The highest BCUT2D eigenvalue weighted by Crippen LogP contribution is 2.27. The number of hydrogen-bond donors (Lipinski definition) is 1. The van der Waals surface area contributed by atoms with Crippen LogP contribution in [0.4, 0.5) is 0 Å². The molecule has 1 aliphatic heterocycles. The molecule has 2 nitrogen and oxygen atoms in total. The van der Waals surface area contributed by atoms with E-state index in [2.05, 4.69) is 10.3 Å². The fraction of sp³-hybridized carbons (Fsp3) is 0.900. The van der Waals surface area contributed by atoms with E-state index in [1.165, 1.54) is 50.9 Å². The minimum Gasteiger partial charge on any atom is -0.374 e. The number of rotatable bonds is 2. The van der Waals surface area contributed by atoms with Gasteiger partial charge in [0, 0.05) is 19.5 Å². The van der Waals surface area contributed by atoms with E-state index in [1.807, 2.05) is 0 Å². The Kier molecular flexibility index (Phi) is 2.64. The molecular formula is C10H18N2. The minimum absolute atomic E-state index is 0.968. The molecule has 0 spiro atoms. The third-order valence-electron chi connectivity index (χ3n) is 2.67. The number of amidine groups is 1. The highest BCUT2D eigenvalue weighted by Gasteiger charge is 2.21. The van der Waals surface area contributed by atoms with Crippen molar-refractivity contribution in [3.63, 3.8) is 0 Å². The maximum absolute atomic E-state index is 4.53. The molecule has 1 heterocycles. The van der Waals surface area contributed by atoms with Gasteiger partial charge in [-0.05, 0) is 31.6 Å². The zero-order valence-electron chi connectivity index (χ0n) is 7.68.